The fourth-order valence-electron chi connectivity index (χ4n) is 1.46. The minimum Gasteiger partial charge on any atom is -0.381 e. The van der Waals surface area contributed by atoms with E-state index in [0.29, 0.717) is 15.5 Å². The lowest BCUT2D eigenvalue weighted by Gasteiger charge is -2.08. The molecule has 0 aromatic heterocycles. The summed E-state index contributed by atoms with van der Waals surface area (Å²) < 4.78 is 26.9. The third-order valence-corrected chi connectivity index (χ3v) is 3.62. The number of benzene rings is 2. The molecule has 2 aromatic rings. The molecule has 0 amide bonds. The van der Waals surface area contributed by atoms with E-state index in [1.807, 2.05) is 0 Å². The summed E-state index contributed by atoms with van der Waals surface area (Å²) >= 11 is 6.25. The zero-order valence-electron chi connectivity index (χ0n) is 9.18. The maximum Gasteiger partial charge on any atom is 0.137 e. The van der Waals surface area contributed by atoms with Crippen LogP contribution in [0.15, 0.2) is 45.3 Å². The van der Waals surface area contributed by atoms with Gasteiger partial charge in [0.25, 0.3) is 0 Å². The van der Waals surface area contributed by atoms with Crippen molar-refractivity contribution in [1.82, 2.24) is 0 Å². The highest BCUT2D eigenvalue weighted by Gasteiger charge is 2.02. The van der Waals surface area contributed by atoms with Crippen molar-refractivity contribution in [3.05, 3.63) is 62.5 Å². The number of rotatable bonds is 3. The van der Waals surface area contributed by atoms with Crippen molar-refractivity contribution in [3.63, 3.8) is 0 Å². The molecule has 0 saturated carbocycles. The van der Waals surface area contributed by atoms with Crippen molar-refractivity contribution >= 4 is 37.5 Å². The van der Waals surface area contributed by atoms with Crippen LogP contribution in [0.5, 0.6) is 0 Å². The summed E-state index contributed by atoms with van der Waals surface area (Å²) in [5, 5.41) is 3.14. The molecule has 1 nitrogen and oxygen atoms in total. The number of hydrogen-bond donors (Lipinski definition) is 1. The van der Waals surface area contributed by atoms with Gasteiger partial charge in [-0.25, -0.2) is 8.78 Å². The third kappa shape index (κ3) is 3.29. The van der Waals surface area contributed by atoms with Gasteiger partial charge in [-0.2, -0.15) is 0 Å². The van der Waals surface area contributed by atoms with Gasteiger partial charge in [0.05, 0.1) is 8.95 Å². The molecule has 0 fully saturated rings. The zero-order chi connectivity index (χ0) is 13.1. The molecule has 2 aromatic carbocycles. The molecule has 0 heterocycles. The van der Waals surface area contributed by atoms with E-state index in [4.69, 9.17) is 0 Å². The second-order valence-electron chi connectivity index (χ2n) is 3.73. The number of nitrogens with one attached hydrogen (secondary N) is 1. The Morgan fingerprint density at radius 2 is 1.50 bits per heavy atom. The first-order valence-corrected chi connectivity index (χ1v) is 6.78. The van der Waals surface area contributed by atoms with Crippen molar-refractivity contribution in [2.75, 3.05) is 5.32 Å². The number of hydrogen-bond acceptors (Lipinski definition) is 1. The molecular weight excluding hydrogens is 368 g/mol. The van der Waals surface area contributed by atoms with Gasteiger partial charge >= 0.3 is 0 Å². The number of anilines is 1. The van der Waals surface area contributed by atoms with Gasteiger partial charge in [0.2, 0.25) is 0 Å². The molecule has 0 spiro atoms. The summed E-state index contributed by atoms with van der Waals surface area (Å²) in [7, 11) is 0. The molecule has 0 saturated heterocycles. The van der Waals surface area contributed by atoms with E-state index in [1.165, 1.54) is 12.1 Å². The second-order valence-corrected chi connectivity index (χ2v) is 5.44. The molecule has 0 aliphatic carbocycles. The lowest BCUT2D eigenvalue weighted by atomic mass is 10.2. The topological polar surface area (TPSA) is 12.0 Å². The minimum absolute atomic E-state index is 0.289. The Morgan fingerprint density at radius 1 is 0.889 bits per heavy atom. The van der Waals surface area contributed by atoms with E-state index >= 15 is 0 Å². The van der Waals surface area contributed by atoms with Crippen molar-refractivity contribution in [2.45, 2.75) is 6.54 Å². The molecule has 0 atom stereocenters. The molecule has 5 heteroatoms. The van der Waals surface area contributed by atoms with Crippen LogP contribution in [0, 0.1) is 11.6 Å². The molecule has 0 bridgehead atoms. The van der Waals surface area contributed by atoms with Crippen LogP contribution in [0.1, 0.15) is 5.56 Å². The highest BCUT2D eigenvalue weighted by atomic mass is 79.9. The second kappa shape index (κ2) is 5.80. The van der Waals surface area contributed by atoms with Crippen LogP contribution in [0.3, 0.4) is 0 Å². The predicted octanol–water partition coefficient (Wildman–Crippen LogP) is 5.10. The molecular formula is C13H9Br2F2N. The Balaban J connectivity index is 2.06. The lowest BCUT2D eigenvalue weighted by Crippen LogP contribution is -2.00. The van der Waals surface area contributed by atoms with Gasteiger partial charge in [0.15, 0.2) is 0 Å². The van der Waals surface area contributed by atoms with Gasteiger partial charge in [-0.05, 0) is 67.8 Å². The SMILES string of the molecule is Fc1ccc(CNc2ccc(F)c(Br)c2)cc1Br. The lowest BCUT2D eigenvalue weighted by molar-refractivity contribution is 0.620. The maximum atomic E-state index is 13.0. The maximum absolute atomic E-state index is 13.0. The zero-order valence-corrected chi connectivity index (χ0v) is 12.4. The van der Waals surface area contributed by atoms with Gasteiger partial charge in [0.1, 0.15) is 11.6 Å². The molecule has 18 heavy (non-hydrogen) atoms. The van der Waals surface area contributed by atoms with E-state index in [9.17, 15) is 8.78 Å². The summed E-state index contributed by atoms with van der Waals surface area (Å²) in [4.78, 5) is 0. The van der Waals surface area contributed by atoms with Gasteiger partial charge in [-0.3, -0.25) is 0 Å². The van der Waals surface area contributed by atoms with Crippen molar-refractivity contribution in [3.8, 4) is 0 Å². The largest absolute Gasteiger partial charge is 0.381 e. The molecule has 94 valence electrons. The van der Waals surface area contributed by atoms with Crippen LogP contribution in [-0.2, 0) is 6.54 Å². The monoisotopic (exact) mass is 375 g/mol. The first-order chi connectivity index (χ1) is 8.56. The van der Waals surface area contributed by atoms with E-state index < -0.39 is 0 Å². The summed E-state index contributed by atoms with van der Waals surface area (Å²) in [5.74, 6) is -0.589. The molecule has 0 radical (unpaired) electrons. The van der Waals surface area contributed by atoms with Crippen LogP contribution < -0.4 is 5.32 Å². The Bertz CT molecular complexity index is 521. The standard InChI is InChI=1S/C13H9Br2F2N/c14-10-5-8(1-3-12(10)16)7-18-9-2-4-13(17)11(15)6-9/h1-6,18H,7H2. The fraction of sp³-hybridized carbons (Fsp3) is 0.0769. The van der Waals surface area contributed by atoms with Crippen molar-refractivity contribution < 1.29 is 8.78 Å². The Labute approximate surface area is 120 Å². The van der Waals surface area contributed by atoms with Crippen LogP contribution >= 0.6 is 31.9 Å². The summed E-state index contributed by atoms with van der Waals surface area (Å²) in [6, 6.07) is 9.51. The van der Waals surface area contributed by atoms with Gasteiger partial charge in [0, 0.05) is 12.2 Å². The number of halogens is 4. The summed E-state index contributed by atoms with van der Waals surface area (Å²) in [5.41, 5.74) is 1.73. The highest BCUT2D eigenvalue weighted by Crippen LogP contribution is 2.21. The van der Waals surface area contributed by atoms with Crippen LogP contribution in [0.4, 0.5) is 14.5 Å². The molecule has 1 N–H and O–H groups in total. The van der Waals surface area contributed by atoms with Crippen molar-refractivity contribution in [1.29, 1.82) is 0 Å². The van der Waals surface area contributed by atoms with E-state index in [1.54, 1.807) is 24.3 Å². The first-order valence-electron chi connectivity index (χ1n) is 5.19. The van der Waals surface area contributed by atoms with E-state index in [0.717, 1.165) is 11.3 Å². The highest BCUT2D eigenvalue weighted by molar-refractivity contribution is 9.10. The van der Waals surface area contributed by atoms with E-state index in [-0.39, 0.29) is 11.6 Å². The molecule has 2 rings (SSSR count). The van der Waals surface area contributed by atoms with Crippen LogP contribution in [-0.4, -0.2) is 0 Å². The van der Waals surface area contributed by atoms with Gasteiger partial charge in [-0.15, -0.1) is 0 Å². The van der Waals surface area contributed by atoms with Crippen molar-refractivity contribution in [2.24, 2.45) is 0 Å². The molecule has 0 aliphatic rings. The fourth-order valence-corrected chi connectivity index (χ4v) is 2.26. The Morgan fingerprint density at radius 3 is 2.11 bits per heavy atom. The van der Waals surface area contributed by atoms with Crippen LogP contribution in [0.25, 0.3) is 0 Å². The smallest absolute Gasteiger partial charge is 0.137 e. The minimum atomic E-state index is -0.301. The van der Waals surface area contributed by atoms with E-state index in [2.05, 4.69) is 37.2 Å². The van der Waals surface area contributed by atoms with Gasteiger partial charge in [-0.1, -0.05) is 6.07 Å². The summed E-state index contributed by atoms with van der Waals surface area (Å²) in [6.45, 7) is 0.539. The average Bonchev–Trinajstić information content (AvgIpc) is 2.35. The average molecular weight is 377 g/mol. The molecule has 0 unspecified atom stereocenters. The summed E-state index contributed by atoms with van der Waals surface area (Å²) in [6.07, 6.45) is 0. The first kappa shape index (κ1) is 13.5. The van der Waals surface area contributed by atoms with Gasteiger partial charge < -0.3 is 5.32 Å². The quantitative estimate of drug-likeness (QED) is 0.785. The van der Waals surface area contributed by atoms with Crippen LogP contribution in [0.2, 0.25) is 0 Å². The normalized spacial score (nSPS) is 10.4. The Hall–Kier alpha value is -0.940. The molecule has 0 aliphatic heterocycles. The Kier molecular flexibility index (Phi) is 4.35. The predicted molar refractivity (Wildman–Crippen MR) is 75.5 cm³/mol. The third-order valence-electron chi connectivity index (χ3n) is 2.40.